The molecule has 1 fully saturated rings. The minimum absolute atomic E-state index is 0.0254. The Labute approximate surface area is 145 Å². The van der Waals surface area contributed by atoms with Crippen LogP contribution in [0.4, 0.5) is 0 Å². The van der Waals surface area contributed by atoms with Crippen LogP contribution in [0.2, 0.25) is 0 Å². The minimum atomic E-state index is -1.12. The van der Waals surface area contributed by atoms with E-state index in [4.69, 9.17) is 9.47 Å². The second-order valence-corrected chi connectivity index (χ2v) is 6.94. The van der Waals surface area contributed by atoms with Crippen molar-refractivity contribution in [2.45, 2.75) is 37.9 Å². The molecule has 0 amide bonds. The van der Waals surface area contributed by atoms with Gasteiger partial charge >= 0.3 is 5.97 Å². The zero-order valence-electron chi connectivity index (χ0n) is 14.0. The maximum absolute atomic E-state index is 11.7. The van der Waals surface area contributed by atoms with Crippen molar-refractivity contribution < 1.29 is 24.5 Å². The van der Waals surface area contributed by atoms with Crippen LogP contribution < -0.4 is 4.74 Å². The van der Waals surface area contributed by atoms with Crippen LogP contribution in [-0.4, -0.2) is 34.5 Å². The number of hydrogen-bond acceptors (Lipinski definition) is 4. The van der Waals surface area contributed by atoms with Gasteiger partial charge in [0.25, 0.3) is 0 Å². The van der Waals surface area contributed by atoms with Crippen LogP contribution in [0.1, 0.15) is 34.0 Å². The summed E-state index contributed by atoms with van der Waals surface area (Å²) in [6.45, 7) is 2.38. The monoisotopic (exact) mass is 340 g/mol. The lowest BCUT2D eigenvalue weighted by Gasteiger charge is -2.16. The van der Waals surface area contributed by atoms with E-state index in [0.29, 0.717) is 42.7 Å². The van der Waals surface area contributed by atoms with Crippen LogP contribution in [0.25, 0.3) is 0 Å². The highest BCUT2D eigenvalue weighted by molar-refractivity contribution is 5.93. The van der Waals surface area contributed by atoms with E-state index in [1.807, 2.05) is 37.3 Å². The van der Waals surface area contributed by atoms with E-state index >= 15 is 0 Å². The SMILES string of the molecule is C[C@]12COc3cc(CCc4ccccc4)c(C(=O)O)c(O)c3C[C@H]1O2. The van der Waals surface area contributed by atoms with Crippen LogP contribution in [0.3, 0.4) is 0 Å². The fourth-order valence-electron chi connectivity index (χ4n) is 3.50. The largest absolute Gasteiger partial charge is 0.507 e. The maximum Gasteiger partial charge on any atom is 0.339 e. The molecule has 25 heavy (non-hydrogen) atoms. The number of phenols is 1. The third kappa shape index (κ3) is 2.85. The Hall–Kier alpha value is -2.53. The molecule has 2 aliphatic heterocycles. The van der Waals surface area contributed by atoms with Crippen LogP contribution in [0, 0.1) is 0 Å². The van der Waals surface area contributed by atoms with Gasteiger partial charge in [0.1, 0.15) is 29.3 Å². The number of aromatic carboxylic acids is 1. The molecule has 130 valence electrons. The first-order chi connectivity index (χ1) is 12.0. The van der Waals surface area contributed by atoms with E-state index in [2.05, 4.69) is 0 Å². The average molecular weight is 340 g/mol. The van der Waals surface area contributed by atoms with Gasteiger partial charge < -0.3 is 19.7 Å². The highest BCUT2D eigenvalue weighted by Gasteiger charge is 2.55. The van der Waals surface area contributed by atoms with Gasteiger partial charge in [0, 0.05) is 12.0 Å². The molecule has 4 rings (SSSR count). The number of aromatic hydroxyl groups is 1. The highest BCUT2D eigenvalue weighted by atomic mass is 16.6. The predicted molar refractivity (Wildman–Crippen MR) is 91.4 cm³/mol. The Morgan fingerprint density at radius 2 is 2.04 bits per heavy atom. The summed E-state index contributed by atoms with van der Waals surface area (Å²) in [5.74, 6) is -0.734. The summed E-state index contributed by atoms with van der Waals surface area (Å²) < 4.78 is 11.4. The van der Waals surface area contributed by atoms with Crippen LogP contribution in [0.15, 0.2) is 36.4 Å². The molecule has 2 aromatic rings. The van der Waals surface area contributed by atoms with Gasteiger partial charge in [0.2, 0.25) is 0 Å². The Morgan fingerprint density at radius 1 is 1.28 bits per heavy atom. The van der Waals surface area contributed by atoms with Crippen molar-refractivity contribution in [1.29, 1.82) is 0 Å². The van der Waals surface area contributed by atoms with E-state index in [-0.39, 0.29) is 23.0 Å². The number of carboxylic acids is 1. The van der Waals surface area contributed by atoms with Crippen molar-refractivity contribution >= 4 is 5.97 Å². The molecule has 5 heteroatoms. The fraction of sp³-hybridized carbons (Fsp3) is 0.350. The number of rotatable bonds is 4. The summed E-state index contributed by atoms with van der Waals surface area (Å²) in [5.41, 5.74) is 1.89. The summed E-state index contributed by atoms with van der Waals surface area (Å²) in [6, 6.07) is 11.6. The van der Waals surface area contributed by atoms with Crippen LogP contribution in [0.5, 0.6) is 11.5 Å². The van der Waals surface area contributed by atoms with Gasteiger partial charge in [0.05, 0.1) is 6.10 Å². The number of aryl methyl sites for hydroxylation is 2. The van der Waals surface area contributed by atoms with Gasteiger partial charge in [0.15, 0.2) is 0 Å². The molecule has 2 heterocycles. The second-order valence-electron chi connectivity index (χ2n) is 6.94. The van der Waals surface area contributed by atoms with Gasteiger partial charge in [-0.15, -0.1) is 0 Å². The van der Waals surface area contributed by atoms with Crippen LogP contribution >= 0.6 is 0 Å². The van der Waals surface area contributed by atoms with Crippen molar-refractivity contribution in [2.24, 2.45) is 0 Å². The number of epoxide rings is 1. The molecule has 2 aromatic carbocycles. The molecule has 0 aromatic heterocycles. The van der Waals surface area contributed by atoms with Crippen molar-refractivity contribution in [3.8, 4) is 11.5 Å². The van der Waals surface area contributed by atoms with E-state index in [1.165, 1.54) is 0 Å². The molecule has 0 spiro atoms. The molecule has 5 nitrogen and oxygen atoms in total. The topological polar surface area (TPSA) is 79.3 Å². The zero-order chi connectivity index (χ0) is 17.6. The second kappa shape index (κ2) is 5.77. The molecule has 0 bridgehead atoms. The van der Waals surface area contributed by atoms with Gasteiger partial charge in [-0.05, 0) is 37.0 Å². The third-order valence-electron chi connectivity index (χ3n) is 5.13. The summed E-state index contributed by atoms with van der Waals surface area (Å²) in [4.78, 5) is 11.7. The van der Waals surface area contributed by atoms with E-state index in [1.54, 1.807) is 6.07 Å². The minimum Gasteiger partial charge on any atom is -0.507 e. The average Bonchev–Trinajstić information content (AvgIpc) is 3.25. The van der Waals surface area contributed by atoms with E-state index in [0.717, 1.165) is 5.56 Å². The van der Waals surface area contributed by atoms with Crippen molar-refractivity contribution in [2.75, 3.05) is 6.61 Å². The van der Waals surface area contributed by atoms with Crippen molar-refractivity contribution in [3.63, 3.8) is 0 Å². The van der Waals surface area contributed by atoms with Crippen molar-refractivity contribution in [1.82, 2.24) is 0 Å². The van der Waals surface area contributed by atoms with Gasteiger partial charge in [-0.3, -0.25) is 0 Å². The first-order valence-corrected chi connectivity index (χ1v) is 8.43. The normalized spacial score (nSPS) is 23.8. The van der Waals surface area contributed by atoms with Crippen LogP contribution in [-0.2, 0) is 24.0 Å². The van der Waals surface area contributed by atoms with Crippen molar-refractivity contribution in [3.05, 3.63) is 58.7 Å². The van der Waals surface area contributed by atoms with Gasteiger partial charge in [-0.1, -0.05) is 30.3 Å². The fourth-order valence-corrected chi connectivity index (χ4v) is 3.50. The molecule has 2 aliphatic rings. The molecular weight excluding hydrogens is 320 g/mol. The molecule has 0 radical (unpaired) electrons. The first-order valence-electron chi connectivity index (χ1n) is 8.43. The quantitative estimate of drug-likeness (QED) is 0.837. The molecular formula is C20H20O5. The summed E-state index contributed by atoms with van der Waals surface area (Å²) in [7, 11) is 0. The number of carbonyl (C=O) groups is 1. The number of benzene rings is 2. The van der Waals surface area contributed by atoms with Gasteiger partial charge in [-0.25, -0.2) is 4.79 Å². The standard InChI is InChI=1S/C20H20O5/c1-20-11-24-15-9-13(8-7-12-5-3-2-4-6-12)17(19(22)23)18(21)14(15)10-16(20)25-20/h2-6,9,16,21H,7-8,10-11H2,1H3,(H,22,23)/t16-,20+/m1/s1. The number of fused-ring (bicyclic) bond motifs is 2. The van der Waals surface area contributed by atoms with E-state index < -0.39 is 5.97 Å². The Morgan fingerprint density at radius 3 is 2.76 bits per heavy atom. The predicted octanol–water partition coefficient (Wildman–Crippen LogP) is 2.97. The smallest absolute Gasteiger partial charge is 0.339 e. The molecule has 2 atom stereocenters. The lowest BCUT2D eigenvalue weighted by molar-refractivity contribution is 0.0692. The number of hydrogen-bond donors (Lipinski definition) is 2. The summed E-state index contributed by atoms with van der Waals surface area (Å²) >= 11 is 0. The zero-order valence-corrected chi connectivity index (χ0v) is 14.0. The first kappa shape index (κ1) is 16.0. The molecule has 1 saturated heterocycles. The highest BCUT2D eigenvalue weighted by Crippen LogP contribution is 2.47. The Balaban J connectivity index is 1.69. The maximum atomic E-state index is 11.7. The molecule has 2 N–H and O–H groups in total. The third-order valence-corrected chi connectivity index (χ3v) is 5.13. The molecule has 0 unspecified atom stereocenters. The summed E-state index contributed by atoms with van der Waals surface area (Å²) in [5, 5.41) is 20.2. The molecule has 0 saturated carbocycles. The Kier molecular flexibility index (Phi) is 3.69. The lowest BCUT2D eigenvalue weighted by atomic mass is 9.93. The number of ether oxygens (including phenoxy) is 2. The number of carboxylic acid groups (broad SMARTS) is 1. The van der Waals surface area contributed by atoms with E-state index in [9.17, 15) is 15.0 Å². The lowest BCUT2D eigenvalue weighted by Crippen LogP contribution is -2.18. The summed E-state index contributed by atoms with van der Waals surface area (Å²) in [6.07, 6.45) is 1.66. The Bertz CT molecular complexity index is 830. The van der Waals surface area contributed by atoms with Gasteiger partial charge in [-0.2, -0.15) is 0 Å². The molecule has 0 aliphatic carbocycles.